The number of Topliss-reactive ketones (excluding diaryl/α,β-unsaturated/α-hetero) is 1. The lowest BCUT2D eigenvalue weighted by atomic mass is 10.0. The Hall–Kier alpha value is -1.66. The zero-order valence-electron chi connectivity index (χ0n) is 9.07. The molecule has 0 aliphatic rings. The summed E-state index contributed by atoms with van der Waals surface area (Å²) in [5, 5.41) is 0.566. The van der Waals surface area contributed by atoms with Gasteiger partial charge < -0.3 is 0 Å². The number of hydrogen-bond acceptors (Lipinski definition) is 2. The monoisotopic (exact) mass is 234 g/mol. The van der Waals surface area contributed by atoms with Gasteiger partial charge in [0.05, 0.1) is 5.71 Å². The maximum Gasteiger partial charge on any atom is 0.322 e. The normalized spacial score (nSPS) is 13.0. The van der Waals surface area contributed by atoms with E-state index in [2.05, 4.69) is 9.84 Å². The van der Waals surface area contributed by atoms with Crippen LogP contribution in [0.2, 0.25) is 5.02 Å². The van der Waals surface area contributed by atoms with Gasteiger partial charge in [-0.3, -0.25) is 14.6 Å². The van der Waals surface area contributed by atoms with Gasteiger partial charge in [0, 0.05) is 17.6 Å². The molecule has 1 atom stereocenters. The molecule has 0 aliphatic heterocycles. The standard InChI is InChI=1S/C12H11ClN2O/c1-8(14-2)11(15-3)12(16)9-4-6-10(13)7-5-9/h4-7,11H,1-2H3. The first-order valence-electron chi connectivity index (χ1n) is 4.69. The van der Waals surface area contributed by atoms with Gasteiger partial charge >= 0.3 is 6.04 Å². The molecule has 0 heterocycles. The number of ketones is 1. The van der Waals surface area contributed by atoms with E-state index < -0.39 is 6.04 Å². The van der Waals surface area contributed by atoms with Crippen molar-refractivity contribution >= 4 is 23.1 Å². The fourth-order valence-electron chi connectivity index (χ4n) is 1.24. The molecule has 82 valence electrons. The number of rotatable bonds is 3. The highest BCUT2D eigenvalue weighted by Crippen LogP contribution is 2.13. The van der Waals surface area contributed by atoms with Crippen LogP contribution in [0.3, 0.4) is 0 Å². The third-order valence-corrected chi connectivity index (χ3v) is 2.51. The van der Waals surface area contributed by atoms with Crippen molar-refractivity contribution in [1.29, 1.82) is 0 Å². The van der Waals surface area contributed by atoms with Crippen molar-refractivity contribution in [3.05, 3.63) is 46.3 Å². The van der Waals surface area contributed by atoms with E-state index >= 15 is 0 Å². The number of aliphatic imine (C=N–C) groups is 1. The van der Waals surface area contributed by atoms with Crippen molar-refractivity contribution < 1.29 is 4.79 Å². The van der Waals surface area contributed by atoms with Crippen molar-refractivity contribution in [3.8, 4) is 0 Å². The summed E-state index contributed by atoms with van der Waals surface area (Å²) < 4.78 is 0. The quantitative estimate of drug-likeness (QED) is 0.450. The third-order valence-electron chi connectivity index (χ3n) is 2.25. The number of carbonyl (C=O) groups is 1. The van der Waals surface area contributed by atoms with Crippen LogP contribution in [0.1, 0.15) is 17.3 Å². The van der Waals surface area contributed by atoms with Gasteiger partial charge in [0.25, 0.3) is 5.78 Å². The lowest BCUT2D eigenvalue weighted by molar-refractivity contribution is 0.0994. The van der Waals surface area contributed by atoms with Crippen LogP contribution in [-0.4, -0.2) is 24.6 Å². The molecule has 4 heteroatoms. The van der Waals surface area contributed by atoms with E-state index in [0.29, 0.717) is 16.3 Å². The Balaban J connectivity index is 3.02. The fourth-order valence-corrected chi connectivity index (χ4v) is 1.36. The van der Waals surface area contributed by atoms with Crippen LogP contribution >= 0.6 is 11.6 Å². The molecule has 0 saturated heterocycles. The van der Waals surface area contributed by atoms with E-state index in [4.69, 9.17) is 18.2 Å². The highest BCUT2D eigenvalue weighted by molar-refractivity contribution is 6.30. The summed E-state index contributed by atoms with van der Waals surface area (Å²) >= 11 is 5.72. The molecule has 0 radical (unpaired) electrons. The number of benzene rings is 1. The van der Waals surface area contributed by atoms with E-state index in [1.807, 2.05) is 0 Å². The minimum absolute atomic E-state index is 0.241. The fraction of sp³-hybridized carbons (Fsp3) is 0.250. The minimum atomic E-state index is -0.828. The van der Waals surface area contributed by atoms with Crippen molar-refractivity contribution in [2.45, 2.75) is 13.0 Å². The summed E-state index contributed by atoms with van der Waals surface area (Å²) in [5.74, 6) is -0.241. The van der Waals surface area contributed by atoms with Crippen molar-refractivity contribution in [3.63, 3.8) is 0 Å². The maximum absolute atomic E-state index is 11.9. The molecule has 0 bridgehead atoms. The predicted octanol–water partition coefficient (Wildman–Crippen LogP) is 2.90. The van der Waals surface area contributed by atoms with Gasteiger partial charge in [0.1, 0.15) is 0 Å². The van der Waals surface area contributed by atoms with Gasteiger partial charge in [-0.25, -0.2) is 6.57 Å². The second kappa shape index (κ2) is 5.43. The SMILES string of the molecule is [C-]#[N+]C(C(=O)c1ccc(Cl)cc1)C(C)=NC. The van der Waals surface area contributed by atoms with Crippen LogP contribution in [-0.2, 0) is 0 Å². The van der Waals surface area contributed by atoms with Crippen molar-refractivity contribution in [1.82, 2.24) is 0 Å². The number of hydrogen-bond donors (Lipinski definition) is 0. The zero-order valence-corrected chi connectivity index (χ0v) is 9.82. The zero-order chi connectivity index (χ0) is 12.1. The molecule has 0 saturated carbocycles. The minimum Gasteiger partial charge on any atom is -0.298 e. The van der Waals surface area contributed by atoms with Gasteiger partial charge in [-0.2, -0.15) is 0 Å². The Kier molecular flexibility index (Phi) is 4.21. The topological polar surface area (TPSA) is 33.8 Å². The Bertz CT molecular complexity index is 457. The molecule has 0 aromatic heterocycles. The molecule has 1 aromatic rings. The van der Waals surface area contributed by atoms with Gasteiger partial charge in [-0.05, 0) is 31.2 Å². The summed E-state index contributed by atoms with van der Waals surface area (Å²) in [6, 6.07) is 5.67. The molecule has 16 heavy (non-hydrogen) atoms. The first-order chi connectivity index (χ1) is 7.60. The van der Waals surface area contributed by atoms with Crippen LogP contribution in [0.25, 0.3) is 4.85 Å². The van der Waals surface area contributed by atoms with E-state index in [1.54, 1.807) is 38.2 Å². The van der Waals surface area contributed by atoms with Crippen LogP contribution in [0, 0.1) is 6.57 Å². The Labute approximate surface area is 99.6 Å². The van der Waals surface area contributed by atoms with Crippen molar-refractivity contribution in [2.75, 3.05) is 7.05 Å². The number of halogens is 1. The molecular weight excluding hydrogens is 224 g/mol. The Morgan fingerprint density at radius 3 is 2.44 bits per heavy atom. The predicted molar refractivity (Wildman–Crippen MR) is 65.2 cm³/mol. The summed E-state index contributed by atoms with van der Waals surface area (Å²) in [6.45, 7) is 8.69. The van der Waals surface area contributed by atoms with Crippen molar-refractivity contribution in [2.24, 2.45) is 4.99 Å². The summed E-state index contributed by atoms with van der Waals surface area (Å²) in [6.07, 6.45) is 0. The molecule has 0 fully saturated rings. The summed E-state index contributed by atoms with van der Waals surface area (Å²) in [5.41, 5.74) is 1.00. The van der Waals surface area contributed by atoms with E-state index in [9.17, 15) is 4.79 Å². The lowest BCUT2D eigenvalue weighted by Gasteiger charge is -2.03. The molecule has 1 rings (SSSR count). The van der Waals surface area contributed by atoms with Crippen LogP contribution in [0.5, 0.6) is 0 Å². The van der Waals surface area contributed by atoms with Crippen LogP contribution in [0.4, 0.5) is 0 Å². The van der Waals surface area contributed by atoms with Crippen LogP contribution in [0.15, 0.2) is 29.3 Å². The molecule has 0 spiro atoms. The van der Waals surface area contributed by atoms with Gasteiger partial charge in [-0.15, -0.1) is 0 Å². The highest BCUT2D eigenvalue weighted by atomic mass is 35.5. The maximum atomic E-state index is 11.9. The molecular formula is C12H11ClN2O. The Morgan fingerprint density at radius 1 is 1.44 bits per heavy atom. The second-order valence-corrected chi connectivity index (χ2v) is 3.70. The first kappa shape index (κ1) is 12.4. The second-order valence-electron chi connectivity index (χ2n) is 3.27. The van der Waals surface area contributed by atoms with Crippen LogP contribution < -0.4 is 0 Å². The average Bonchev–Trinajstić information content (AvgIpc) is 2.30. The molecule has 0 aliphatic carbocycles. The Morgan fingerprint density at radius 2 is 2.00 bits per heavy atom. The molecule has 1 unspecified atom stereocenters. The summed E-state index contributed by atoms with van der Waals surface area (Å²) in [4.78, 5) is 19.1. The molecule has 1 aromatic carbocycles. The van der Waals surface area contributed by atoms with E-state index in [-0.39, 0.29) is 5.78 Å². The third kappa shape index (κ3) is 2.68. The van der Waals surface area contributed by atoms with Gasteiger partial charge in [0.15, 0.2) is 0 Å². The first-order valence-corrected chi connectivity index (χ1v) is 5.07. The highest BCUT2D eigenvalue weighted by Gasteiger charge is 2.27. The van der Waals surface area contributed by atoms with E-state index in [1.165, 1.54) is 0 Å². The average molecular weight is 235 g/mol. The van der Waals surface area contributed by atoms with Gasteiger partial charge in [0.2, 0.25) is 0 Å². The lowest BCUT2D eigenvalue weighted by Crippen LogP contribution is -2.25. The molecule has 0 N–H and O–H groups in total. The number of nitrogens with zero attached hydrogens (tertiary/aromatic N) is 2. The summed E-state index contributed by atoms with van der Waals surface area (Å²) in [7, 11) is 1.57. The smallest absolute Gasteiger partial charge is 0.298 e. The van der Waals surface area contributed by atoms with E-state index in [0.717, 1.165) is 0 Å². The molecule has 0 amide bonds. The largest absolute Gasteiger partial charge is 0.322 e. The van der Waals surface area contributed by atoms with Gasteiger partial charge in [-0.1, -0.05) is 11.6 Å². The molecule has 3 nitrogen and oxygen atoms in total. The number of carbonyl (C=O) groups excluding carboxylic acids is 1.